The Labute approximate surface area is 130 Å². The summed E-state index contributed by atoms with van der Waals surface area (Å²) >= 11 is 6.12. The molecule has 2 rings (SSSR count). The van der Waals surface area contributed by atoms with E-state index in [2.05, 4.69) is 31.0 Å². The first kappa shape index (κ1) is 15.9. The molecule has 0 heterocycles. The molecule has 1 fully saturated rings. The molecule has 0 saturated heterocycles. The lowest BCUT2D eigenvalue weighted by atomic mass is 9.87. The van der Waals surface area contributed by atoms with Crippen LogP contribution in [-0.4, -0.2) is 23.7 Å². The summed E-state index contributed by atoms with van der Waals surface area (Å²) in [4.78, 5) is 12.3. The topological polar surface area (TPSA) is 49.3 Å². The fourth-order valence-corrected chi connectivity index (χ4v) is 2.96. The maximum atomic E-state index is 12.3. The van der Waals surface area contributed by atoms with E-state index in [9.17, 15) is 4.79 Å². The van der Waals surface area contributed by atoms with Gasteiger partial charge in [0.15, 0.2) is 0 Å². The average Bonchev–Trinajstić information content (AvgIpc) is 2.76. The predicted octanol–water partition coefficient (Wildman–Crippen LogP) is 2.99. The van der Waals surface area contributed by atoms with E-state index in [1.807, 2.05) is 0 Å². The first-order chi connectivity index (χ1) is 9.94. The van der Waals surface area contributed by atoms with Gasteiger partial charge in [-0.1, -0.05) is 43.7 Å². The number of benzene rings is 1. The second kappa shape index (κ2) is 6.51. The molecule has 2 N–H and O–H groups in total. The van der Waals surface area contributed by atoms with Gasteiger partial charge in [0.1, 0.15) is 6.61 Å². The number of nitrogens with one attached hydrogen (secondary N) is 1. The first-order valence-corrected chi connectivity index (χ1v) is 7.52. The maximum absolute atomic E-state index is 12.3. The van der Waals surface area contributed by atoms with Crippen LogP contribution in [0.25, 0.3) is 0 Å². The second-order valence-electron chi connectivity index (χ2n) is 6.06. The number of hydrogen-bond donors (Lipinski definition) is 2. The lowest BCUT2D eigenvalue weighted by Gasteiger charge is -2.27. The Morgan fingerprint density at radius 2 is 2.29 bits per heavy atom. The van der Waals surface area contributed by atoms with Gasteiger partial charge in [-0.05, 0) is 36.5 Å². The highest BCUT2D eigenvalue weighted by molar-refractivity contribution is 6.32. The smallest absolute Gasteiger partial charge is 0.251 e. The van der Waals surface area contributed by atoms with Crippen LogP contribution in [0.1, 0.15) is 49.0 Å². The SMILES string of the molecule is CC1(C)CCCC1NC(=O)c1ccc(C#CCO)c(Cl)c1. The average molecular weight is 306 g/mol. The molecule has 1 aliphatic rings. The van der Waals surface area contributed by atoms with Crippen molar-refractivity contribution >= 4 is 17.5 Å². The van der Waals surface area contributed by atoms with Crippen LogP contribution in [0.4, 0.5) is 0 Å². The van der Waals surface area contributed by atoms with Crippen LogP contribution in [0.5, 0.6) is 0 Å². The molecular weight excluding hydrogens is 286 g/mol. The number of halogens is 1. The highest BCUT2D eigenvalue weighted by Crippen LogP contribution is 2.37. The molecule has 1 aromatic carbocycles. The molecule has 1 saturated carbocycles. The summed E-state index contributed by atoms with van der Waals surface area (Å²) in [5.41, 5.74) is 1.30. The van der Waals surface area contributed by atoms with Crippen LogP contribution < -0.4 is 5.32 Å². The number of carbonyl (C=O) groups is 1. The predicted molar refractivity (Wildman–Crippen MR) is 84.3 cm³/mol. The van der Waals surface area contributed by atoms with E-state index in [-0.39, 0.29) is 24.0 Å². The van der Waals surface area contributed by atoms with E-state index >= 15 is 0 Å². The van der Waals surface area contributed by atoms with E-state index in [4.69, 9.17) is 16.7 Å². The van der Waals surface area contributed by atoms with Crippen molar-refractivity contribution in [2.75, 3.05) is 6.61 Å². The van der Waals surface area contributed by atoms with Gasteiger partial charge in [0.05, 0.1) is 5.02 Å². The van der Waals surface area contributed by atoms with Gasteiger partial charge in [0.25, 0.3) is 5.91 Å². The van der Waals surface area contributed by atoms with Gasteiger partial charge in [0, 0.05) is 17.2 Å². The molecule has 1 atom stereocenters. The van der Waals surface area contributed by atoms with Crippen LogP contribution in [0, 0.1) is 17.3 Å². The van der Waals surface area contributed by atoms with Crippen molar-refractivity contribution in [3.8, 4) is 11.8 Å². The Morgan fingerprint density at radius 1 is 1.52 bits per heavy atom. The minimum atomic E-state index is -0.213. The van der Waals surface area contributed by atoms with Crippen LogP contribution >= 0.6 is 11.6 Å². The summed E-state index contributed by atoms with van der Waals surface area (Å²) < 4.78 is 0. The van der Waals surface area contributed by atoms with Crippen molar-refractivity contribution < 1.29 is 9.90 Å². The molecule has 4 heteroatoms. The molecule has 1 aliphatic carbocycles. The molecule has 1 amide bonds. The normalized spacial score (nSPS) is 19.7. The molecule has 3 nitrogen and oxygen atoms in total. The molecule has 0 aromatic heterocycles. The van der Waals surface area contributed by atoms with Crippen LogP contribution in [0.15, 0.2) is 18.2 Å². The fourth-order valence-electron chi connectivity index (χ4n) is 2.73. The molecule has 0 bridgehead atoms. The molecule has 0 radical (unpaired) electrons. The Morgan fingerprint density at radius 3 is 2.86 bits per heavy atom. The lowest BCUT2D eigenvalue weighted by molar-refractivity contribution is 0.0910. The van der Waals surface area contributed by atoms with Crippen LogP contribution in [0.2, 0.25) is 5.02 Å². The maximum Gasteiger partial charge on any atom is 0.251 e. The van der Waals surface area contributed by atoms with Crippen molar-refractivity contribution in [2.24, 2.45) is 5.41 Å². The zero-order chi connectivity index (χ0) is 15.5. The fraction of sp³-hybridized carbons (Fsp3) is 0.471. The largest absolute Gasteiger partial charge is 0.384 e. The van der Waals surface area contributed by atoms with E-state index in [1.165, 1.54) is 0 Å². The number of carbonyl (C=O) groups excluding carboxylic acids is 1. The third-order valence-electron chi connectivity index (χ3n) is 4.10. The summed E-state index contributed by atoms with van der Waals surface area (Å²) in [6.45, 7) is 4.16. The number of rotatable bonds is 2. The third-order valence-corrected chi connectivity index (χ3v) is 4.41. The summed E-state index contributed by atoms with van der Waals surface area (Å²) in [6.07, 6.45) is 3.30. The summed E-state index contributed by atoms with van der Waals surface area (Å²) in [6, 6.07) is 5.25. The van der Waals surface area contributed by atoms with Crippen molar-refractivity contribution in [3.63, 3.8) is 0 Å². The standard InChI is InChI=1S/C17H20ClNO2/c1-17(2)9-3-6-15(17)19-16(21)13-8-7-12(5-4-10-20)14(18)11-13/h7-8,11,15,20H,3,6,9-10H2,1-2H3,(H,19,21). The quantitative estimate of drug-likeness (QED) is 0.825. The number of aliphatic hydroxyl groups excluding tert-OH is 1. The van der Waals surface area contributed by atoms with Gasteiger partial charge < -0.3 is 10.4 Å². The van der Waals surface area contributed by atoms with E-state index < -0.39 is 0 Å². The second-order valence-corrected chi connectivity index (χ2v) is 6.47. The van der Waals surface area contributed by atoms with Crippen molar-refractivity contribution in [1.82, 2.24) is 5.32 Å². The number of amides is 1. The zero-order valence-corrected chi connectivity index (χ0v) is 13.1. The van der Waals surface area contributed by atoms with Crippen LogP contribution in [0.3, 0.4) is 0 Å². The minimum absolute atomic E-state index is 0.0986. The van der Waals surface area contributed by atoms with E-state index in [1.54, 1.807) is 18.2 Å². The zero-order valence-electron chi connectivity index (χ0n) is 12.4. The molecular formula is C17H20ClNO2. The van der Waals surface area contributed by atoms with Gasteiger partial charge in [-0.25, -0.2) is 0 Å². The molecule has 1 unspecified atom stereocenters. The monoisotopic (exact) mass is 305 g/mol. The number of aliphatic hydroxyl groups is 1. The third kappa shape index (κ3) is 3.78. The molecule has 0 spiro atoms. The number of hydrogen-bond acceptors (Lipinski definition) is 2. The Hall–Kier alpha value is -1.50. The van der Waals surface area contributed by atoms with Crippen molar-refractivity contribution in [3.05, 3.63) is 34.3 Å². The molecule has 0 aliphatic heterocycles. The van der Waals surface area contributed by atoms with E-state index in [0.717, 1.165) is 19.3 Å². The molecule has 112 valence electrons. The lowest BCUT2D eigenvalue weighted by Crippen LogP contribution is -2.41. The summed E-state index contributed by atoms with van der Waals surface area (Å²) in [5.74, 6) is 5.20. The molecule has 1 aromatic rings. The van der Waals surface area contributed by atoms with Crippen molar-refractivity contribution in [1.29, 1.82) is 0 Å². The van der Waals surface area contributed by atoms with E-state index in [0.29, 0.717) is 16.1 Å². The Bertz CT molecular complexity index is 599. The molecule has 21 heavy (non-hydrogen) atoms. The van der Waals surface area contributed by atoms with Gasteiger partial charge in [0.2, 0.25) is 0 Å². The summed E-state index contributed by atoms with van der Waals surface area (Å²) in [7, 11) is 0. The highest BCUT2D eigenvalue weighted by Gasteiger charge is 2.35. The van der Waals surface area contributed by atoms with Gasteiger partial charge >= 0.3 is 0 Å². The Kier molecular flexibility index (Phi) is 4.92. The van der Waals surface area contributed by atoms with Crippen LogP contribution in [-0.2, 0) is 0 Å². The van der Waals surface area contributed by atoms with Gasteiger partial charge in [-0.15, -0.1) is 0 Å². The van der Waals surface area contributed by atoms with Crippen molar-refractivity contribution in [2.45, 2.75) is 39.2 Å². The minimum Gasteiger partial charge on any atom is -0.384 e. The van der Waals surface area contributed by atoms with Gasteiger partial charge in [-0.3, -0.25) is 4.79 Å². The van der Waals surface area contributed by atoms with Gasteiger partial charge in [-0.2, -0.15) is 0 Å². The Balaban J connectivity index is 2.11. The highest BCUT2D eigenvalue weighted by atomic mass is 35.5. The summed E-state index contributed by atoms with van der Waals surface area (Å²) in [5, 5.41) is 12.2. The first-order valence-electron chi connectivity index (χ1n) is 7.14.